The number of aryl methyl sites for hydroxylation is 1. The number of allylic oxidation sites excluding steroid dienone is 1. The fourth-order valence-corrected chi connectivity index (χ4v) is 2.83. The monoisotopic (exact) mass is 342 g/mol. The first-order valence-electron chi connectivity index (χ1n) is 6.85. The Labute approximate surface area is 132 Å². The van der Waals surface area contributed by atoms with Crippen LogP contribution in [0.1, 0.15) is 23.1 Å². The van der Waals surface area contributed by atoms with Crippen LogP contribution in [0.2, 0.25) is 0 Å². The molecule has 3 rings (SSSR count). The molecule has 1 aliphatic rings. The predicted molar refractivity (Wildman–Crippen MR) is 88.3 cm³/mol. The molecule has 3 heteroatoms. The van der Waals surface area contributed by atoms with Gasteiger partial charge < -0.3 is 4.74 Å². The van der Waals surface area contributed by atoms with E-state index in [1.165, 1.54) is 5.56 Å². The van der Waals surface area contributed by atoms with Gasteiger partial charge in [-0.05, 0) is 53.5 Å². The molecule has 0 atom stereocenters. The van der Waals surface area contributed by atoms with Crippen LogP contribution in [0.5, 0.6) is 5.75 Å². The Hall–Kier alpha value is -1.87. The molecule has 0 saturated heterocycles. The fourth-order valence-electron chi connectivity index (χ4n) is 2.57. The molecule has 0 saturated carbocycles. The van der Waals surface area contributed by atoms with Crippen LogP contribution in [0.25, 0.3) is 11.6 Å². The third kappa shape index (κ3) is 2.93. The van der Waals surface area contributed by atoms with Crippen LogP contribution < -0.4 is 4.74 Å². The number of carbonyl (C=O) groups is 1. The number of carbonyl (C=O) groups excluding carboxylic acids is 1. The van der Waals surface area contributed by atoms with Gasteiger partial charge in [-0.1, -0.05) is 34.1 Å². The second-order valence-corrected chi connectivity index (χ2v) is 5.97. The minimum Gasteiger partial charge on any atom is -0.497 e. The number of rotatable bonds is 2. The first-order chi connectivity index (χ1) is 10.2. The van der Waals surface area contributed by atoms with Crippen LogP contribution in [0.4, 0.5) is 0 Å². The maximum Gasteiger partial charge on any atom is 0.163 e. The van der Waals surface area contributed by atoms with Crippen molar-refractivity contribution >= 4 is 33.4 Å². The topological polar surface area (TPSA) is 26.3 Å². The van der Waals surface area contributed by atoms with E-state index in [1.54, 1.807) is 7.11 Å². The minimum absolute atomic E-state index is 0.193. The summed E-state index contributed by atoms with van der Waals surface area (Å²) in [6.07, 6.45) is 3.34. The maximum absolute atomic E-state index is 12.3. The average Bonchev–Trinajstić information content (AvgIpc) is 2.51. The summed E-state index contributed by atoms with van der Waals surface area (Å²) in [5, 5.41) is 0. The van der Waals surface area contributed by atoms with Crippen molar-refractivity contribution in [2.24, 2.45) is 0 Å². The summed E-state index contributed by atoms with van der Waals surface area (Å²) in [5.74, 6) is 0.976. The molecule has 1 aliphatic carbocycles. The number of benzene rings is 2. The van der Waals surface area contributed by atoms with E-state index in [9.17, 15) is 4.79 Å². The molecular formula is C18H15BrO2. The second-order valence-electron chi connectivity index (χ2n) is 5.06. The molecule has 0 aliphatic heterocycles. The van der Waals surface area contributed by atoms with Gasteiger partial charge in [-0.15, -0.1) is 0 Å². The third-order valence-electron chi connectivity index (χ3n) is 3.71. The molecule has 2 nitrogen and oxygen atoms in total. The average molecular weight is 343 g/mol. The van der Waals surface area contributed by atoms with Gasteiger partial charge in [0.1, 0.15) is 5.75 Å². The molecule has 21 heavy (non-hydrogen) atoms. The maximum atomic E-state index is 12.3. The normalized spacial score (nSPS) is 15.9. The number of methoxy groups -OCH3 is 1. The summed E-state index contributed by atoms with van der Waals surface area (Å²) in [5.41, 5.74) is 4.00. The molecule has 0 heterocycles. The van der Waals surface area contributed by atoms with E-state index in [0.29, 0.717) is 6.42 Å². The lowest BCUT2D eigenvalue weighted by Gasteiger charge is -2.19. The van der Waals surface area contributed by atoms with Crippen LogP contribution in [0.3, 0.4) is 0 Å². The van der Waals surface area contributed by atoms with E-state index in [1.807, 2.05) is 42.5 Å². The molecule has 0 amide bonds. The number of halogens is 1. The SMILES string of the molecule is COc1ccc2c(c1)/C(=C\c1ccc(Br)cc1)C(=O)CC2. The molecule has 0 bridgehead atoms. The highest BCUT2D eigenvalue weighted by atomic mass is 79.9. The van der Waals surface area contributed by atoms with E-state index in [-0.39, 0.29) is 5.78 Å². The van der Waals surface area contributed by atoms with Crippen LogP contribution in [-0.4, -0.2) is 12.9 Å². The second kappa shape index (κ2) is 5.86. The lowest BCUT2D eigenvalue weighted by molar-refractivity contribution is -0.113. The molecule has 0 N–H and O–H groups in total. The molecule has 0 radical (unpaired) electrons. The van der Waals surface area contributed by atoms with E-state index < -0.39 is 0 Å². The molecule has 0 unspecified atom stereocenters. The van der Waals surface area contributed by atoms with E-state index in [2.05, 4.69) is 22.0 Å². The molecule has 0 fully saturated rings. The zero-order valence-electron chi connectivity index (χ0n) is 11.7. The van der Waals surface area contributed by atoms with Gasteiger partial charge in [0.05, 0.1) is 7.11 Å². The van der Waals surface area contributed by atoms with Crippen molar-refractivity contribution in [1.82, 2.24) is 0 Å². The summed E-state index contributed by atoms with van der Waals surface area (Å²) < 4.78 is 6.31. The van der Waals surface area contributed by atoms with Gasteiger partial charge >= 0.3 is 0 Å². The van der Waals surface area contributed by atoms with E-state index >= 15 is 0 Å². The summed E-state index contributed by atoms with van der Waals surface area (Å²) in [6.45, 7) is 0. The van der Waals surface area contributed by atoms with E-state index in [4.69, 9.17) is 4.74 Å². The van der Waals surface area contributed by atoms with Crippen molar-refractivity contribution < 1.29 is 9.53 Å². The van der Waals surface area contributed by atoms with Crippen molar-refractivity contribution in [2.45, 2.75) is 12.8 Å². The van der Waals surface area contributed by atoms with Crippen molar-refractivity contribution in [3.8, 4) is 5.75 Å². The van der Waals surface area contributed by atoms with Crippen LogP contribution >= 0.6 is 15.9 Å². The highest BCUT2D eigenvalue weighted by molar-refractivity contribution is 9.10. The van der Waals surface area contributed by atoms with Gasteiger partial charge in [0.25, 0.3) is 0 Å². The number of ether oxygens (including phenoxy) is 1. The van der Waals surface area contributed by atoms with Crippen molar-refractivity contribution in [3.05, 3.63) is 63.6 Å². The van der Waals surface area contributed by atoms with Gasteiger partial charge in [-0.2, -0.15) is 0 Å². The number of hydrogen-bond donors (Lipinski definition) is 0. The highest BCUT2D eigenvalue weighted by Crippen LogP contribution is 2.32. The first-order valence-corrected chi connectivity index (χ1v) is 7.64. The van der Waals surface area contributed by atoms with Crippen molar-refractivity contribution in [2.75, 3.05) is 7.11 Å². The number of hydrogen-bond acceptors (Lipinski definition) is 2. The lowest BCUT2D eigenvalue weighted by Crippen LogP contribution is -2.12. The summed E-state index contributed by atoms with van der Waals surface area (Å²) in [7, 11) is 1.64. The van der Waals surface area contributed by atoms with Gasteiger partial charge in [-0.3, -0.25) is 4.79 Å². The van der Waals surface area contributed by atoms with Gasteiger partial charge in [0.15, 0.2) is 5.78 Å². The Bertz CT molecular complexity index is 714. The van der Waals surface area contributed by atoms with Crippen molar-refractivity contribution in [3.63, 3.8) is 0 Å². The fraction of sp³-hybridized carbons (Fsp3) is 0.167. The van der Waals surface area contributed by atoms with Crippen LogP contribution in [0, 0.1) is 0 Å². The van der Waals surface area contributed by atoms with Gasteiger partial charge in [0, 0.05) is 16.5 Å². The Balaban J connectivity index is 2.09. The highest BCUT2D eigenvalue weighted by Gasteiger charge is 2.21. The van der Waals surface area contributed by atoms with Gasteiger partial charge in [0.2, 0.25) is 0 Å². The third-order valence-corrected chi connectivity index (χ3v) is 4.24. The first kappa shape index (κ1) is 14.1. The quantitative estimate of drug-likeness (QED) is 0.750. The van der Waals surface area contributed by atoms with Crippen LogP contribution in [-0.2, 0) is 11.2 Å². The number of ketones is 1. The molecule has 0 spiro atoms. The van der Waals surface area contributed by atoms with E-state index in [0.717, 1.165) is 33.3 Å². The Kier molecular flexibility index (Phi) is 3.93. The lowest BCUT2D eigenvalue weighted by atomic mass is 9.85. The standard InChI is InChI=1S/C18H15BrO2/c1-21-15-8-4-13-5-9-18(20)17(16(13)11-15)10-12-2-6-14(19)7-3-12/h2-4,6-8,10-11H,5,9H2,1H3/b17-10+. The number of fused-ring (bicyclic) bond motifs is 1. The minimum atomic E-state index is 0.193. The predicted octanol–water partition coefficient (Wildman–Crippen LogP) is 4.51. The summed E-state index contributed by atoms with van der Waals surface area (Å²) in [4.78, 5) is 12.3. The smallest absolute Gasteiger partial charge is 0.163 e. The summed E-state index contributed by atoms with van der Waals surface area (Å²) >= 11 is 3.42. The molecule has 2 aromatic carbocycles. The molecular weight excluding hydrogens is 328 g/mol. The zero-order valence-corrected chi connectivity index (χ0v) is 13.3. The number of Topliss-reactive ketones (excluding diaryl/α,β-unsaturated/α-hetero) is 1. The van der Waals surface area contributed by atoms with Crippen molar-refractivity contribution in [1.29, 1.82) is 0 Å². The Morgan fingerprint density at radius 2 is 1.86 bits per heavy atom. The summed E-state index contributed by atoms with van der Waals surface area (Å²) in [6, 6.07) is 13.9. The molecule has 0 aromatic heterocycles. The van der Waals surface area contributed by atoms with Crippen LogP contribution in [0.15, 0.2) is 46.9 Å². The zero-order chi connectivity index (χ0) is 14.8. The molecule has 2 aromatic rings. The van der Waals surface area contributed by atoms with Gasteiger partial charge in [-0.25, -0.2) is 0 Å². The Morgan fingerprint density at radius 3 is 2.57 bits per heavy atom. The Morgan fingerprint density at radius 1 is 1.10 bits per heavy atom. The largest absolute Gasteiger partial charge is 0.497 e. The molecule has 106 valence electrons.